The summed E-state index contributed by atoms with van der Waals surface area (Å²) in [7, 11) is 0. The van der Waals surface area contributed by atoms with Crippen molar-refractivity contribution >= 4 is 34.5 Å². The van der Waals surface area contributed by atoms with Crippen LogP contribution in [-0.2, 0) is 11.2 Å². The number of nitrogens with zero attached hydrogens (tertiary/aromatic N) is 2. The van der Waals surface area contributed by atoms with Crippen molar-refractivity contribution in [1.82, 2.24) is 15.3 Å². The van der Waals surface area contributed by atoms with Gasteiger partial charge in [-0.1, -0.05) is 41.9 Å². The average Bonchev–Trinajstić information content (AvgIpc) is 3.15. The Hall–Kier alpha value is -2.53. The van der Waals surface area contributed by atoms with E-state index in [4.69, 9.17) is 11.6 Å². The third kappa shape index (κ3) is 4.47. The molecule has 0 saturated carbocycles. The van der Waals surface area contributed by atoms with Crippen LogP contribution in [0.15, 0.2) is 48.5 Å². The van der Waals surface area contributed by atoms with E-state index in [9.17, 15) is 4.79 Å². The molecular formula is C22H25ClN4O. The molecule has 6 heteroatoms. The Balaban J connectivity index is 1.30. The Morgan fingerprint density at radius 1 is 1.25 bits per heavy atom. The van der Waals surface area contributed by atoms with Crippen molar-refractivity contribution in [2.75, 3.05) is 24.5 Å². The normalized spacial score (nSPS) is 17.0. The van der Waals surface area contributed by atoms with Crippen LogP contribution in [0.25, 0.3) is 11.0 Å². The summed E-state index contributed by atoms with van der Waals surface area (Å²) in [4.78, 5) is 22.8. The van der Waals surface area contributed by atoms with E-state index in [1.54, 1.807) is 0 Å². The molecule has 1 amide bonds. The zero-order valence-corrected chi connectivity index (χ0v) is 16.6. The predicted molar refractivity (Wildman–Crippen MR) is 114 cm³/mol. The topological polar surface area (TPSA) is 61.0 Å². The molecule has 1 aliphatic heterocycles. The van der Waals surface area contributed by atoms with Crippen molar-refractivity contribution in [3.8, 4) is 0 Å². The van der Waals surface area contributed by atoms with Crippen LogP contribution in [0, 0.1) is 5.92 Å². The molecule has 4 rings (SSSR count). The number of rotatable bonds is 6. The summed E-state index contributed by atoms with van der Waals surface area (Å²) in [6.07, 6.45) is 3.85. The second kappa shape index (κ2) is 8.65. The smallest absolute Gasteiger partial charge is 0.224 e. The van der Waals surface area contributed by atoms with Gasteiger partial charge in [0.1, 0.15) is 0 Å². The quantitative estimate of drug-likeness (QED) is 0.614. The van der Waals surface area contributed by atoms with Crippen molar-refractivity contribution in [3.05, 3.63) is 59.1 Å². The Kier molecular flexibility index (Phi) is 5.81. The summed E-state index contributed by atoms with van der Waals surface area (Å²) < 4.78 is 0. The number of benzene rings is 2. The number of nitrogens with one attached hydrogen (secondary N) is 2. The molecule has 1 saturated heterocycles. The minimum absolute atomic E-state index is 0.00211. The van der Waals surface area contributed by atoms with E-state index in [0.717, 1.165) is 49.2 Å². The van der Waals surface area contributed by atoms with Crippen molar-refractivity contribution in [2.24, 2.45) is 5.92 Å². The van der Waals surface area contributed by atoms with Crippen LogP contribution < -0.4 is 10.2 Å². The maximum atomic E-state index is 12.6. The zero-order valence-electron chi connectivity index (χ0n) is 15.8. The van der Waals surface area contributed by atoms with Gasteiger partial charge < -0.3 is 15.2 Å². The highest BCUT2D eigenvalue weighted by Gasteiger charge is 2.27. The number of carbonyl (C=O) groups is 1. The molecule has 1 aliphatic rings. The Bertz CT molecular complexity index is 940. The largest absolute Gasteiger partial charge is 0.356 e. The molecule has 2 N–H and O–H groups in total. The standard InChI is InChI=1S/C22H25ClN4O/c23-18-10-11-19-20(14-18)26-22(25-19)27-13-5-9-17(15-27)21(28)24-12-4-8-16-6-2-1-3-7-16/h1-3,6-7,10-11,14,17H,4-5,8-9,12-13,15H2,(H,24,28)(H,25,26). The number of aromatic nitrogens is 2. The fraction of sp³-hybridized carbons (Fsp3) is 0.364. The van der Waals surface area contributed by atoms with Crippen molar-refractivity contribution in [1.29, 1.82) is 0 Å². The number of H-pyrrole nitrogens is 1. The maximum absolute atomic E-state index is 12.6. The molecule has 1 aromatic heterocycles. The Labute approximate surface area is 170 Å². The minimum atomic E-state index is 0.00211. The second-order valence-electron chi connectivity index (χ2n) is 7.39. The highest BCUT2D eigenvalue weighted by Crippen LogP contribution is 2.25. The highest BCUT2D eigenvalue weighted by atomic mass is 35.5. The Morgan fingerprint density at radius 3 is 2.96 bits per heavy atom. The summed E-state index contributed by atoms with van der Waals surface area (Å²) in [6.45, 7) is 2.32. The molecule has 0 spiro atoms. The van der Waals surface area contributed by atoms with Gasteiger partial charge in [-0.2, -0.15) is 0 Å². The van der Waals surface area contributed by atoms with Gasteiger partial charge in [-0.25, -0.2) is 4.98 Å². The van der Waals surface area contributed by atoms with Crippen molar-refractivity contribution in [2.45, 2.75) is 25.7 Å². The first-order valence-corrected chi connectivity index (χ1v) is 10.3. The third-order valence-electron chi connectivity index (χ3n) is 5.31. The SMILES string of the molecule is O=C(NCCCc1ccccc1)C1CCCN(c2nc3ccc(Cl)cc3[nH]2)C1. The summed E-state index contributed by atoms with van der Waals surface area (Å²) in [5.74, 6) is 0.970. The van der Waals surface area contributed by atoms with Crippen LogP contribution in [0.4, 0.5) is 5.95 Å². The molecule has 2 aromatic carbocycles. The molecule has 3 aromatic rings. The van der Waals surface area contributed by atoms with E-state index in [1.807, 2.05) is 24.3 Å². The summed E-state index contributed by atoms with van der Waals surface area (Å²) in [6, 6.07) is 16.0. The number of anilines is 1. The average molecular weight is 397 g/mol. The van der Waals surface area contributed by atoms with Gasteiger partial charge in [0.15, 0.2) is 0 Å². The van der Waals surface area contributed by atoms with E-state index < -0.39 is 0 Å². The van der Waals surface area contributed by atoms with Gasteiger partial charge in [0.2, 0.25) is 11.9 Å². The minimum Gasteiger partial charge on any atom is -0.356 e. The summed E-state index contributed by atoms with van der Waals surface area (Å²) in [5, 5.41) is 3.80. The van der Waals surface area contributed by atoms with E-state index >= 15 is 0 Å². The van der Waals surface area contributed by atoms with Gasteiger partial charge in [0.25, 0.3) is 0 Å². The molecule has 0 aliphatic carbocycles. The van der Waals surface area contributed by atoms with E-state index in [0.29, 0.717) is 18.1 Å². The fourth-order valence-electron chi connectivity index (χ4n) is 3.79. The lowest BCUT2D eigenvalue weighted by molar-refractivity contribution is -0.125. The van der Waals surface area contributed by atoms with E-state index in [2.05, 4.69) is 44.5 Å². The molecule has 0 bridgehead atoms. The van der Waals surface area contributed by atoms with E-state index in [1.165, 1.54) is 5.56 Å². The number of hydrogen-bond donors (Lipinski definition) is 2. The van der Waals surface area contributed by atoms with Gasteiger partial charge in [-0.3, -0.25) is 4.79 Å². The van der Waals surface area contributed by atoms with Crippen LogP contribution in [0.2, 0.25) is 5.02 Å². The monoisotopic (exact) mass is 396 g/mol. The lowest BCUT2D eigenvalue weighted by Gasteiger charge is -2.31. The van der Waals surface area contributed by atoms with Crippen LogP contribution in [0.3, 0.4) is 0 Å². The number of aryl methyl sites for hydroxylation is 1. The number of amides is 1. The number of fused-ring (bicyclic) bond motifs is 1. The van der Waals surface area contributed by atoms with Crippen molar-refractivity contribution < 1.29 is 4.79 Å². The van der Waals surface area contributed by atoms with Crippen molar-refractivity contribution in [3.63, 3.8) is 0 Å². The molecule has 5 nitrogen and oxygen atoms in total. The number of hydrogen-bond acceptors (Lipinski definition) is 3. The second-order valence-corrected chi connectivity index (χ2v) is 7.82. The third-order valence-corrected chi connectivity index (χ3v) is 5.54. The number of halogens is 1. The maximum Gasteiger partial charge on any atom is 0.224 e. The number of imidazole rings is 1. The van der Waals surface area contributed by atoms with Gasteiger partial charge in [0, 0.05) is 24.7 Å². The lowest BCUT2D eigenvalue weighted by Crippen LogP contribution is -2.43. The summed E-state index contributed by atoms with van der Waals surface area (Å²) in [5.41, 5.74) is 3.13. The highest BCUT2D eigenvalue weighted by molar-refractivity contribution is 6.31. The first kappa shape index (κ1) is 18.8. The van der Waals surface area contributed by atoms with Gasteiger partial charge in [0.05, 0.1) is 17.0 Å². The first-order valence-electron chi connectivity index (χ1n) is 9.91. The summed E-state index contributed by atoms with van der Waals surface area (Å²) >= 11 is 6.06. The molecule has 0 radical (unpaired) electrons. The number of piperidine rings is 1. The lowest BCUT2D eigenvalue weighted by atomic mass is 9.97. The Morgan fingerprint density at radius 2 is 2.11 bits per heavy atom. The molecule has 2 heterocycles. The van der Waals surface area contributed by atoms with Gasteiger partial charge >= 0.3 is 0 Å². The van der Waals surface area contributed by atoms with E-state index in [-0.39, 0.29) is 11.8 Å². The molecule has 1 atom stereocenters. The molecule has 1 fully saturated rings. The number of aromatic amines is 1. The first-order chi connectivity index (χ1) is 13.7. The van der Waals surface area contributed by atoms with Crippen LogP contribution in [-0.4, -0.2) is 35.5 Å². The van der Waals surface area contributed by atoms with Crippen LogP contribution in [0.5, 0.6) is 0 Å². The molecule has 28 heavy (non-hydrogen) atoms. The molecular weight excluding hydrogens is 372 g/mol. The predicted octanol–water partition coefficient (Wildman–Crippen LogP) is 4.18. The zero-order chi connectivity index (χ0) is 19.3. The van der Waals surface area contributed by atoms with Gasteiger partial charge in [-0.05, 0) is 49.4 Å². The fourth-order valence-corrected chi connectivity index (χ4v) is 3.97. The molecule has 146 valence electrons. The van der Waals surface area contributed by atoms with Crippen LogP contribution in [0.1, 0.15) is 24.8 Å². The molecule has 1 unspecified atom stereocenters. The van der Waals surface area contributed by atoms with Crippen LogP contribution >= 0.6 is 11.6 Å². The van der Waals surface area contributed by atoms with Gasteiger partial charge in [-0.15, -0.1) is 0 Å². The number of carbonyl (C=O) groups excluding carboxylic acids is 1.